The third kappa shape index (κ3) is 5.11. The molecule has 0 aromatic heterocycles. The van der Waals surface area contributed by atoms with E-state index in [1.807, 2.05) is 6.92 Å². The van der Waals surface area contributed by atoms with Gasteiger partial charge in [-0.15, -0.1) is 0 Å². The first-order valence-corrected chi connectivity index (χ1v) is 9.45. The summed E-state index contributed by atoms with van der Waals surface area (Å²) >= 11 is 0.772. The summed E-state index contributed by atoms with van der Waals surface area (Å²) in [6.07, 6.45) is 1.54. The van der Waals surface area contributed by atoms with Crippen LogP contribution in [0.15, 0.2) is 53.4 Å². The maximum atomic E-state index is 12.6. The van der Waals surface area contributed by atoms with Crippen LogP contribution in [-0.4, -0.2) is 46.1 Å². The molecule has 8 heteroatoms. The van der Waals surface area contributed by atoms with Crippen LogP contribution in [0.1, 0.15) is 21.5 Å². The van der Waals surface area contributed by atoms with Gasteiger partial charge in [0, 0.05) is 5.56 Å². The molecule has 0 radical (unpaired) electrons. The van der Waals surface area contributed by atoms with Gasteiger partial charge in [-0.3, -0.25) is 19.3 Å². The largest absolute Gasteiger partial charge is 0.482 e. The fourth-order valence-corrected chi connectivity index (χ4v) is 3.41. The molecule has 148 valence electrons. The number of benzene rings is 2. The van der Waals surface area contributed by atoms with Crippen molar-refractivity contribution in [1.29, 1.82) is 0 Å². The van der Waals surface area contributed by atoms with Gasteiger partial charge in [0.05, 0.1) is 11.4 Å². The van der Waals surface area contributed by atoms with Crippen molar-refractivity contribution in [2.45, 2.75) is 6.92 Å². The normalized spacial score (nSPS) is 15.1. The predicted molar refractivity (Wildman–Crippen MR) is 108 cm³/mol. The number of hydrogen-bond acceptors (Lipinski definition) is 6. The van der Waals surface area contributed by atoms with E-state index in [9.17, 15) is 19.2 Å². The zero-order valence-corrected chi connectivity index (χ0v) is 16.3. The van der Waals surface area contributed by atoms with Gasteiger partial charge in [0.15, 0.2) is 12.4 Å². The molecule has 2 aromatic carbocycles. The van der Waals surface area contributed by atoms with Crippen LogP contribution in [-0.2, 0) is 9.59 Å². The average molecular weight is 411 g/mol. The van der Waals surface area contributed by atoms with Crippen molar-refractivity contribution in [3.05, 3.63) is 70.1 Å². The van der Waals surface area contributed by atoms with Crippen molar-refractivity contribution in [2.24, 2.45) is 0 Å². The topological polar surface area (TPSA) is 101 Å². The molecule has 3 rings (SSSR count). The van der Waals surface area contributed by atoms with Crippen LogP contribution in [0.3, 0.4) is 0 Å². The number of carboxylic acid groups (broad SMARTS) is 1. The molecule has 1 saturated heterocycles. The van der Waals surface area contributed by atoms with Crippen molar-refractivity contribution < 1.29 is 29.0 Å². The fraction of sp³-hybridized carbons (Fsp3) is 0.143. The molecule has 7 nitrogen and oxygen atoms in total. The minimum absolute atomic E-state index is 0.214. The summed E-state index contributed by atoms with van der Waals surface area (Å²) in [5.41, 5.74) is 2.09. The predicted octanol–water partition coefficient (Wildman–Crippen LogP) is 3.38. The summed E-state index contributed by atoms with van der Waals surface area (Å²) in [6.45, 7) is 1.14. The molecule has 0 bridgehead atoms. The summed E-state index contributed by atoms with van der Waals surface area (Å²) in [5, 5.41) is 8.11. The number of carbonyl (C=O) groups excluding carboxylic acids is 3. The summed E-state index contributed by atoms with van der Waals surface area (Å²) in [5.74, 6) is -1.54. The number of aryl methyl sites for hydroxylation is 1. The molecule has 0 atom stereocenters. The lowest BCUT2D eigenvalue weighted by atomic mass is 10.1. The highest BCUT2D eigenvalue weighted by Gasteiger charge is 2.36. The number of hydrogen-bond donors (Lipinski definition) is 1. The molecule has 0 unspecified atom stereocenters. The van der Waals surface area contributed by atoms with Crippen LogP contribution in [0.5, 0.6) is 5.75 Å². The van der Waals surface area contributed by atoms with Crippen molar-refractivity contribution >= 4 is 40.7 Å². The fourth-order valence-electron chi connectivity index (χ4n) is 2.57. The molecule has 1 aliphatic rings. The number of carbonyl (C=O) groups is 4. The Morgan fingerprint density at radius 1 is 1.07 bits per heavy atom. The molecule has 1 N–H and O–H groups in total. The maximum Gasteiger partial charge on any atom is 0.341 e. The summed E-state index contributed by atoms with van der Waals surface area (Å²) in [6, 6.07) is 13.3. The Kier molecular flexibility index (Phi) is 6.13. The Bertz CT molecular complexity index is 995. The molecule has 1 aliphatic heterocycles. The van der Waals surface area contributed by atoms with E-state index in [1.54, 1.807) is 54.6 Å². The van der Waals surface area contributed by atoms with Crippen LogP contribution < -0.4 is 4.74 Å². The monoisotopic (exact) mass is 411 g/mol. The number of Topliss-reactive ketones (excluding diaryl/α,β-unsaturated/α-hetero) is 1. The Balaban J connectivity index is 1.68. The van der Waals surface area contributed by atoms with E-state index in [-0.39, 0.29) is 17.2 Å². The Labute approximate surface area is 171 Å². The zero-order chi connectivity index (χ0) is 21.0. The van der Waals surface area contributed by atoms with Crippen LogP contribution >= 0.6 is 11.8 Å². The van der Waals surface area contributed by atoms with Crippen molar-refractivity contribution in [1.82, 2.24) is 4.90 Å². The Morgan fingerprint density at radius 3 is 2.34 bits per heavy atom. The lowest BCUT2D eigenvalue weighted by molar-refractivity contribution is -0.139. The number of imide groups is 1. The highest BCUT2D eigenvalue weighted by Crippen LogP contribution is 2.32. The molecule has 0 spiro atoms. The van der Waals surface area contributed by atoms with E-state index in [0.717, 1.165) is 22.2 Å². The van der Waals surface area contributed by atoms with Gasteiger partial charge in [-0.1, -0.05) is 42.0 Å². The first kappa shape index (κ1) is 20.3. The smallest absolute Gasteiger partial charge is 0.341 e. The van der Waals surface area contributed by atoms with Crippen molar-refractivity contribution in [2.75, 3.05) is 13.2 Å². The van der Waals surface area contributed by atoms with Gasteiger partial charge in [-0.25, -0.2) is 4.79 Å². The third-order valence-electron chi connectivity index (χ3n) is 4.09. The van der Waals surface area contributed by atoms with Gasteiger partial charge in [0.1, 0.15) is 5.75 Å². The highest BCUT2D eigenvalue weighted by atomic mass is 32.2. The summed E-state index contributed by atoms with van der Waals surface area (Å²) < 4.78 is 5.05. The van der Waals surface area contributed by atoms with E-state index in [2.05, 4.69) is 0 Å². The maximum absolute atomic E-state index is 12.6. The molecular weight excluding hydrogens is 394 g/mol. The van der Waals surface area contributed by atoms with Crippen LogP contribution in [0.4, 0.5) is 4.79 Å². The van der Waals surface area contributed by atoms with Gasteiger partial charge >= 0.3 is 5.97 Å². The van der Waals surface area contributed by atoms with E-state index in [0.29, 0.717) is 16.9 Å². The van der Waals surface area contributed by atoms with Gasteiger partial charge in [-0.2, -0.15) is 0 Å². The lowest BCUT2D eigenvalue weighted by Crippen LogP contribution is -2.33. The number of amides is 2. The standard InChI is InChI=1S/C21H17NO6S/c1-13-2-6-15(7-3-13)17(23)11-22-20(26)18(29-21(22)27)10-14-4-8-16(9-5-14)28-12-19(24)25/h2-10H,11-12H2,1H3,(H,24,25). The molecule has 29 heavy (non-hydrogen) atoms. The number of nitrogens with zero attached hydrogens (tertiary/aromatic N) is 1. The van der Waals surface area contributed by atoms with Crippen LogP contribution in [0.2, 0.25) is 0 Å². The van der Waals surface area contributed by atoms with Gasteiger partial charge in [-0.05, 0) is 42.5 Å². The minimum atomic E-state index is -1.08. The van der Waals surface area contributed by atoms with Crippen molar-refractivity contribution in [3.63, 3.8) is 0 Å². The SMILES string of the molecule is Cc1ccc(C(=O)CN2C(=O)SC(=Cc3ccc(OCC(=O)O)cc3)C2=O)cc1. The number of ether oxygens (including phenoxy) is 1. The number of rotatable bonds is 7. The number of ketones is 1. The van der Waals surface area contributed by atoms with Crippen molar-refractivity contribution in [3.8, 4) is 5.75 Å². The van der Waals surface area contributed by atoms with E-state index < -0.39 is 23.7 Å². The Hall–Kier alpha value is -3.39. The second kappa shape index (κ2) is 8.74. The molecule has 2 aromatic rings. The van der Waals surface area contributed by atoms with Crippen LogP contribution in [0.25, 0.3) is 6.08 Å². The molecule has 1 fully saturated rings. The average Bonchev–Trinajstić information content (AvgIpc) is 2.95. The minimum Gasteiger partial charge on any atom is -0.482 e. The van der Waals surface area contributed by atoms with Gasteiger partial charge in [0.25, 0.3) is 11.1 Å². The summed E-state index contributed by atoms with van der Waals surface area (Å²) in [4.78, 5) is 48.8. The lowest BCUT2D eigenvalue weighted by Gasteiger charge is -2.11. The molecular formula is C21H17NO6S. The second-order valence-corrected chi connectivity index (χ2v) is 7.30. The Morgan fingerprint density at radius 2 is 1.72 bits per heavy atom. The van der Waals surface area contributed by atoms with E-state index in [1.165, 1.54) is 0 Å². The van der Waals surface area contributed by atoms with Gasteiger partial charge < -0.3 is 9.84 Å². The quantitative estimate of drug-likeness (QED) is 0.550. The van der Waals surface area contributed by atoms with Crippen LogP contribution in [0, 0.1) is 6.92 Å². The number of carboxylic acids is 1. The molecule has 2 amide bonds. The van der Waals surface area contributed by atoms with Gasteiger partial charge in [0.2, 0.25) is 0 Å². The molecule has 1 heterocycles. The molecule has 0 saturated carbocycles. The summed E-state index contributed by atoms with van der Waals surface area (Å²) in [7, 11) is 0. The highest BCUT2D eigenvalue weighted by molar-refractivity contribution is 8.18. The third-order valence-corrected chi connectivity index (χ3v) is 5.00. The first-order chi connectivity index (χ1) is 13.8. The zero-order valence-electron chi connectivity index (χ0n) is 15.5. The molecule has 0 aliphatic carbocycles. The first-order valence-electron chi connectivity index (χ1n) is 8.63. The number of thioether (sulfide) groups is 1. The second-order valence-electron chi connectivity index (χ2n) is 6.31. The van der Waals surface area contributed by atoms with E-state index in [4.69, 9.17) is 9.84 Å². The van der Waals surface area contributed by atoms with E-state index >= 15 is 0 Å². The number of aliphatic carboxylic acids is 1.